The van der Waals surface area contributed by atoms with Gasteiger partial charge < -0.3 is 14.9 Å². The van der Waals surface area contributed by atoms with Crippen LogP contribution in [0, 0.1) is 5.92 Å². The molecule has 1 fully saturated rings. The number of unbranched alkanes of at least 4 members (excludes halogenated alkanes) is 3. The summed E-state index contributed by atoms with van der Waals surface area (Å²) in [6.07, 6.45) is 5.08. The summed E-state index contributed by atoms with van der Waals surface area (Å²) in [6, 6.07) is 0.0234. The summed E-state index contributed by atoms with van der Waals surface area (Å²) < 4.78 is 5.35. The molecule has 1 aliphatic rings. The minimum Gasteiger partial charge on any atom is -0.481 e. The second kappa shape index (κ2) is 9.28. The van der Waals surface area contributed by atoms with Gasteiger partial charge in [-0.3, -0.25) is 9.69 Å². The zero-order valence-corrected chi connectivity index (χ0v) is 11.9. The van der Waals surface area contributed by atoms with E-state index in [1.807, 2.05) is 0 Å². The zero-order chi connectivity index (χ0) is 14.1. The second-order valence-corrected chi connectivity index (χ2v) is 5.22. The third-order valence-corrected chi connectivity index (χ3v) is 3.70. The SMILES string of the molecule is CCCN(CCCCCCO)C1COCC1C(=O)O. The molecular formula is C14H27NO4. The molecule has 112 valence electrons. The lowest BCUT2D eigenvalue weighted by Gasteiger charge is -2.30. The maximum Gasteiger partial charge on any atom is 0.310 e. The van der Waals surface area contributed by atoms with E-state index in [1.54, 1.807) is 0 Å². The molecule has 0 aromatic rings. The monoisotopic (exact) mass is 273 g/mol. The van der Waals surface area contributed by atoms with Crippen molar-refractivity contribution in [3.05, 3.63) is 0 Å². The number of aliphatic hydroxyl groups is 1. The van der Waals surface area contributed by atoms with Gasteiger partial charge in [-0.2, -0.15) is 0 Å². The third-order valence-electron chi connectivity index (χ3n) is 3.70. The highest BCUT2D eigenvalue weighted by atomic mass is 16.5. The van der Waals surface area contributed by atoms with Crippen LogP contribution in [0.15, 0.2) is 0 Å². The molecule has 0 aromatic carbocycles. The molecule has 0 spiro atoms. The maximum atomic E-state index is 11.2. The fourth-order valence-electron chi connectivity index (χ4n) is 2.65. The maximum absolute atomic E-state index is 11.2. The number of ether oxygens (including phenoxy) is 1. The average molecular weight is 273 g/mol. The number of carbonyl (C=O) groups is 1. The van der Waals surface area contributed by atoms with Crippen molar-refractivity contribution in [3.8, 4) is 0 Å². The van der Waals surface area contributed by atoms with Gasteiger partial charge >= 0.3 is 5.97 Å². The van der Waals surface area contributed by atoms with E-state index in [1.165, 1.54) is 0 Å². The second-order valence-electron chi connectivity index (χ2n) is 5.22. The Bertz CT molecular complexity index is 260. The quantitative estimate of drug-likeness (QED) is 0.588. The largest absolute Gasteiger partial charge is 0.481 e. The van der Waals surface area contributed by atoms with Crippen molar-refractivity contribution in [2.75, 3.05) is 32.9 Å². The summed E-state index contributed by atoms with van der Waals surface area (Å²) in [5, 5.41) is 17.9. The van der Waals surface area contributed by atoms with Crippen molar-refractivity contribution in [3.63, 3.8) is 0 Å². The van der Waals surface area contributed by atoms with E-state index in [9.17, 15) is 9.90 Å². The molecule has 0 saturated carbocycles. The first-order chi connectivity index (χ1) is 9.20. The molecule has 19 heavy (non-hydrogen) atoms. The van der Waals surface area contributed by atoms with Crippen LogP contribution in [0.3, 0.4) is 0 Å². The van der Waals surface area contributed by atoms with Gasteiger partial charge in [-0.1, -0.05) is 19.8 Å². The van der Waals surface area contributed by atoms with Gasteiger partial charge in [-0.25, -0.2) is 0 Å². The zero-order valence-electron chi connectivity index (χ0n) is 11.9. The fraction of sp³-hybridized carbons (Fsp3) is 0.929. The van der Waals surface area contributed by atoms with Crippen molar-refractivity contribution in [1.29, 1.82) is 0 Å². The normalized spacial score (nSPS) is 23.1. The smallest absolute Gasteiger partial charge is 0.310 e. The standard InChI is InChI=1S/C14H27NO4/c1-2-7-15(8-5-3-4-6-9-16)13-11-19-10-12(13)14(17)18/h12-13,16H,2-11H2,1H3,(H,17,18). The fourth-order valence-corrected chi connectivity index (χ4v) is 2.65. The van der Waals surface area contributed by atoms with Crippen LogP contribution in [0.1, 0.15) is 39.0 Å². The number of aliphatic carboxylic acids is 1. The van der Waals surface area contributed by atoms with Crippen molar-refractivity contribution in [1.82, 2.24) is 4.90 Å². The molecule has 0 aliphatic carbocycles. The van der Waals surface area contributed by atoms with Crippen LogP contribution in [-0.2, 0) is 9.53 Å². The van der Waals surface area contributed by atoms with Gasteiger partial charge in [0.15, 0.2) is 0 Å². The Hall–Kier alpha value is -0.650. The number of rotatable bonds is 10. The summed E-state index contributed by atoms with van der Waals surface area (Å²) in [6.45, 7) is 5.10. The van der Waals surface area contributed by atoms with Crippen LogP contribution in [0.2, 0.25) is 0 Å². The van der Waals surface area contributed by atoms with E-state index >= 15 is 0 Å². The lowest BCUT2D eigenvalue weighted by molar-refractivity contribution is -0.143. The van der Waals surface area contributed by atoms with Gasteiger partial charge in [0, 0.05) is 12.6 Å². The first kappa shape index (κ1) is 16.4. The van der Waals surface area contributed by atoms with Crippen LogP contribution in [0.25, 0.3) is 0 Å². The third kappa shape index (κ3) is 5.47. The Labute approximate surface area is 115 Å². The van der Waals surface area contributed by atoms with Crippen molar-refractivity contribution in [2.45, 2.75) is 45.1 Å². The highest BCUT2D eigenvalue weighted by molar-refractivity contribution is 5.71. The molecule has 1 saturated heterocycles. The highest BCUT2D eigenvalue weighted by Gasteiger charge is 2.37. The number of nitrogens with zero attached hydrogens (tertiary/aromatic N) is 1. The van der Waals surface area contributed by atoms with Crippen molar-refractivity contribution < 1.29 is 19.7 Å². The van der Waals surface area contributed by atoms with Gasteiger partial charge in [0.05, 0.1) is 19.1 Å². The molecular weight excluding hydrogens is 246 g/mol. The number of carboxylic acid groups (broad SMARTS) is 1. The summed E-state index contributed by atoms with van der Waals surface area (Å²) in [7, 11) is 0. The van der Waals surface area contributed by atoms with E-state index in [0.29, 0.717) is 13.2 Å². The Balaban J connectivity index is 2.40. The molecule has 2 atom stereocenters. The molecule has 0 bridgehead atoms. The van der Waals surface area contributed by atoms with Crippen LogP contribution in [0.5, 0.6) is 0 Å². The molecule has 1 heterocycles. The van der Waals surface area contributed by atoms with Crippen molar-refractivity contribution >= 4 is 5.97 Å². The molecule has 1 aliphatic heterocycles. The number of hydrogen-bond donors (Lipinski definition) is 2. The summed E-state index contributed by atoms with van der Waals surface area (Å²) >= 11 is 0. The molecule has 0 radical (unpaired) electrons. The van der Waals surface area contributed by atoms with Gasteiger partial charge in [0.2, 0.25) is 0 Å². The molecule has 2 unspecified atom stereocenters. The summed E-state index contributed by atoms with van der Waals surface area (Å²) in [5.74, 6) is -1.13. The van der Waals surface area contributed by atoms with Gasteiger partial charge in [-0.15, -0.1) is 0 Å². The Morgan fingerprint density at radius 1 is 1.21 bits per heavy atom. The highest BCUT2D eigenvalue weighted by Crippen LogP contribution is 2.21. The number of carboxylic acids is 1. The summed E-state index contributed by atoms with van der Waals surface area (Å²) in [4.78, 5) is 13.5. The molecule has 2 N–H and O–H groups in total. The number of hydrogen-bond acceptors (Lipinski definition) is 4. The first-order valence-electron chi connectivity index (χ1n) is 7.36. The van der Waals surface area contributed by atoms with E-state index in [2.05, 4.69) is 11.8 Å². The van der Waals surface area contributed by atoms with E-state index in [0.717, 1.165) is 45.2 Å². The van der Waals surface area contributed by atoms with Gasteiger partial charge in [0.25, 0.3) is 0 Å². The minimum absolute atomic E-state index is 0.0234. The Morgan fingerprint density at radius 3 is 2.58 bits per heavy atom. The van der Waals surface area contributed by atoms with Crippen LogP contribution < -0.4 is 0 Å². The molecule has 5 heteroatoms. The number of aliphatic hydroxyl groups excluding tert-OH is 1. The molecule has 0 amide bonds. The Morgan fingerprint density at radius 2 is 1.95 bits per heavy atom. The van der Waals surface area contributed by atoms with E-state index in [4.69, 9.17) is 9.84 Å². The van der Waals surface area contributed by atoms with Crippen molar-refractivity contribution in [2.24, 2.45) is 5.92 Å². The average Bonchev–Trinajstić information content (AvgIpc) is 2.86. The summed E-state index contributed by atoms with van der Waals surface area (Å²) in [5.41, 5.74) is 0. The van der Waals surface area contributed by atoms with E-state index in [-0.39, 0.29) is 18.6 Å². The Kier molecular flexibility index (Phi) is 8.02. The van der Waals surface area contributed by atoms with Crippen LogP contribution in [-0.4, -0.2) is 60.0 Å². The lowest BCUT2D eigenvalue weighted by atomic mass is 10.0. The predicted octanol–water partition coefficient (Wildman–Crippen LogP) is 1.35. The first-order valence-corrected chi connectivity index (χ1v) is 7.36. The van der Waals surface area contributed by atoms with E-state index < -0.39 is 5.97 Å². The van der Waals surface area contributed by atoms with Gasteiger partial charge in [0.1, 0.15) is 0 Å². The molecule has 5 nitrogen and oxygen atoms in total. The topological polar surface area (TPSA) is 70.0 Å². The minimum atomic E-state index is -0.746. The molecule has 0 aromatic heterocycles. The lowest BCUT2D eigenvalue weighted by Crippen LogP contribution is -2.44. The molecule has 1 rings (SSSR count). The van der Waals surface area contributed by atoms with Crippen LogP contribution in [0.4, 0.5) is 0 Å². The van der Waals surface area contributed by atoms with Crippen LogP contribution >= 0.6 is 0 Å². The van der Waals surface area contributed by atoms with Gasteiger partial charge in [-0.05, 0) is 32.4 Å². The predicted molar refractivity (Wildman–Crippen MR) is 73.2 cm³/mol.